The summed E-state index contributed by atoms with van der Waals surface area (Å²) in [6.45, 7) is 5.93. The Hall–Kier alpha value is -1.57. The Morgan fingerprint density at radius 3 is 2.65 bits per heavy atom. The number of benzene rings is 1. The molecule has 0 aliphatic heterocycles. The van der Waals surface area contributed by atoms with Crippen LogP contribution in [0.15, 0.2) is 29.8 Å². The first-order valence-corrected chi connectivity index (χ1v) is 5.94. The highest BCUT2D eigenvalue weighted by atomic mass is 16.5. The minimum absolute atomic E-state index is 0.180. The molecule has 17 heavy (non-hydrogen) atoms. The molecular weight excluding hydrogens is 212 g/mol. The summed E-state index contributed by atoms with van der Waals surface area (Å²) in [7, 11) is 1.63. The number of rotatable bonds is 5. The van der Waals surface area contributed by atoms with E-state index in [-0.39, 0.29) is 5.78 Å². The summed E-state index contributed by atoms with van der Waals surface area (Å²) in [5, 5.41) is 0. The third-order valence-corrected chi connectivity index (χ3v) is 2.87. The van der Waals surface area contributed by atoms with Gasteiger partial charge in [-0.25, -0.2) is 0 Å². The first-order valence-electron chi connectivity index (χ1n) is 5.94. The lowest BCUT2D eigenvalue weighted by Gasteiger charge is -2.09. The number of carbonyl (C=O) groups excluding carboxylic acids is 1. The van der Waals surface area contributed by atoms with Gasteiger partial charge in [-0.15, -0.1) is 0 Å². The van der Waals surface area contributed by atoms with Crippen molar-refractivity contribution < 1.29 is 9.53 Å². The average molecular weight is 232 g/mol. The second-order valence-electron chi connectivity index (χ2n) is 4.08. The molecule has 0 atom stereocenters. The number of carbonyl (C=O) groups is 1. The highest BCUT2D eigenvalue weighted by Gasteiger charge is 2.11. The maximum absolute atomic E-state index is 12.0. The summed E-state index contributed by atoms with van der Waals surface area (Å²) in [6.07, 6.45) is 3.09. The van der Waals surface area contributed by atoms with Gasteiger partial charge in [0, 0.05) is 12.0 Å². The van der Waals surface area contributed by atoms with Crippen LogP contribution in [0.1, 0.15) is 31.4 Å². The van der Waals surface area contributed by atoms with Gasteiger partial charge in [0.15, 0.2) is 5.78 Å². The van der Waals surface area contributed by atoms with Crippen molar-refractivity contribution in [3.05, 3.63) is 41.0 Å². The molecule has 0 heterocycles. The van der Waals surface area contributed by atoms with E-state index < -0.39 is 0 Å². The molecule has 1 rings (SSSR count). The van der Waals surface area contributed by atoms with Gasteiger partial charge in [0.25, 0.3) is 0 Å². The number of hydrogen-bond donors (Lipinski definition) is 0. The molecule has 0 saturated carbocycles. The summed E-state index contributed by atoms with van der Waals surface area (Å²) < 4.78 is 5.28. The summed E-state index contributed by atoms with van der Waals surface area (Å²) in [6, 6.07) is 5.92. The van der Waals surface area contributed by atoms with Crippen LogP contribution in [0.4, 0.5) is 0 Å². The van der Waals surface area contributed by atoms with Crippen LogP contribution in [-0.4, -0.2) is 12.9 Å². The minimum Gasteiger partial charge on any atom is -0.496 e. The third-order valence-electron chi connectivity index (χ3n) is 2.87. The number of ketones is 1. The van der Waals surface area contributed by atoms with Crippen molar-refractivity contribution in [2.75, 3.05) is 7.11 Å². The van der Waals surface area contributed by atoms with Crippen molar-refractivity contribution in [2.24, 2.45) is 0 Å². The topological polar surface area (TPSA) is 26.3 Å². The van der Waals surface area contributed by atoms with Crippen molar-refractivity contribution in [3.63, 3.8) is 0 Å². The number of aryl methyl sites for hydroxylation is 1. The highest BCUT2D eigenvalue weighted by Crippen LogP contribution is 2.21. The fourth-order valence-electron chi connectivity index (χ4n) is 1.89. The molecule has 0 spiro atoms. The first kappa shape index (κ1) is 13.5. The fourth-order valence-corrected chi connectivity index (χ4v) is 1.89. The van der Waals surface area contributed by atoms with Gasteiger partial charge in [-0.1, -0.05) is 30.7 Å². The maximum Gasteiger partial charge on any atom is 0.163 e. The molecule has 0 radical (unpaired) electrons. The van der Waals surface area contributed by atoms with Crippen LogP contribution in [0.5, 0.6) is 5.75 Å². The Morgan fingerprint density at radius 2 is 2.12 bits per heavy atom. The van der Waals surface area contributed by atoms with Gasteiger partial charge in [0.1, 0.15) is 5.75 Å². The maximum atomic E-state index is 12.0. The summed E-state index contributed by atoms with van der Waals surface area (Å²) in [5.74, 6) is 0.967. The molecule has 1 aromatic rings. The molecule has 0 aliphatic rings. The van der Waals surface area contributed by atoms with Crippen molar-refractivity contribution in [1.29, 1.82) is 0 Å². The van der Waals surface area contributed by atoms with Crippen LogP contribution in [0, 0.1) is 6.92 Å². The zero-order valence-electron chi connectivity index (χ0n) is 11.0. The quantitative estimate of drug-likeness (QED) is 0.727. The molecule has 0 fully saturated rings. The highest BCUT2D eigenvalue weighted by molar-refractivity contribution is 5.97. The molecule has 0 unspecified atom stereocenters. The van der Waals surface area contributed by atoms with Gasteiger partial charge in [-0.05, 0) is 31.9 Å². The lowest BCUT2D eigenvalue weighted by atomic mass is 9.99. The van der Waals surface area contributed by atoms with Crippen molar-refractivity contribution >= 4 is 5.78 Å². The van der Waals surface area contributed by atoms with Gasteiger partial charge >= 0.3 is 0 Å². The molecular formula is C15H20O2. The zero-order valence-corrected chi connectivity index (χ0v) is 11.0. The van der Waals surface area contributed by atoms with E-state index in [0.717, 1.165) is 28.9 Å². The fraction of sp³-hybridized carbons (Fsp3) is 0.400. The standard InChI is InChI=1S/C15H20O2/c1-5-12(6-2)14(16)10-13-9-11(3)7-8-15(13)17-4/h5,7-9H,6,10H2,1-4H3/b12-5-. The monoisotopic (exact) mass is 232 g/mol. The Labute approximate surface area is 103 Å². The summed E-state index contributed by atoms with van der Waals surface area (Å²) >= 11 is 0. The second-order valence-corrected chi connectivity index (χ2v) is 4.08. The number of hydrogen-bond acceptors (Lipinski definition) is 2. The molecule has 92 valence electrons. The number of methoxy groups -OCH3 is 1. The number of Topliss-reactive ketones (excluding diaryl/α,β-unsaturated/α-hetero) is 1. The molecule has 1 aromatic carbocycles. The van der Waals surface area contributed by atoms with Gasteiger partial charge < -0.3 is 4.74 Å². The second kappa shape index (κ2) is 6.24. The first-order chi connectivity index (χ1) is 8.12. The van der Waals surface area contributed by atoms with Crippen LogP contribution >= 0.6 is 0 Å². The molecule has 2 nitrogen and oxygen atoms in total. The lowest BCUT2D eigenvalue weighted by Crippen LogP contribution is -2.07. The molecule has 0 saturated heterocycles. The SMILES string of the molecule is C/C=C(/CC)C(=O)Cc1cc(C)ccc1OC. The average Bonchev–Trinajstić information content (AvgIpc) is 2.31. The smallest absolute Gasteiger partial charge is 0.163 e. The van der Waals surface area contributed by atoms with Crippen molar-refractivity contribution in [2.45, 2.75) is 33.6 Å². The molecule has 0 aliphatic carbocycles. The normalized spacial score (nSPS) is 11.4. The van der Waals surface area contributed by atoms with Crippen LogP contribution in [-0.2, 0) is 11.2 Å². The number of ether oxygens (including phenoxy) is 1. The van der Waals surface area contributed by atoms with Crippen molar-refractivity contribution in [3.8, 4) is 5.75 Å². The zero-order chi connectivity index (χ0) is 12.8. The van der Waals surface area contributed by atoms with Gasteiger partial charge in [-0.3, -0.25) is 4.79 Å². The predicted octanol–water partition coefficient (Wildman–Crippen LogP) is 3.47. The Morgan fingerprint density at radius 1 is 1.41 bits per heavy atom. The lowest BCUT2D eigenvalue weighted by molar-refractivity contribution is -0.115. The van der Waals surface area contributed by atoms with E-state index in [4.69, 9.17) is 4.74 Å². The Bertz CT molecular complexity index is 431. The van der Waals surface area contributed by atoms with E-state index in [2.05, 4.69) is 0 Å². The van der Waals surface area contributed by atoms with Crippen LogP contribution in [0.2, 0.25) is 0 Å². The van der Waals surface area contributed by atoms with E-state index in [0.29, 0.717) is 6.42 Å². The largest absolute Gasteiger partial charge is 0.496 e. The van der Waals surface area contributed by atoms with E-state index in [1.165, 1.54) is 0 Å². The van der Waals surface area contributed by atoms with Crippen LogP contribution < -0.4 is 4.74 Å². The summed E-state index contributed by atoms with van der Waals surface area (Å²) in [4.78, 5) is 12.0. The van der Waals surface area contributed by atoms with Crippen LogP contribution in [0.25, 0.3) is 0 Å². The van der Waals surface area contributed by atoms with Gasteiger partial charge in [0.05, 0.1) is 7.11 Å². The van der Waals surface area contributed by atoms with Gasteiger partial charge in [-0.2, -0.15) is 0 Å². The number of allylic oxidation sites excluding steroid dienone is 2. The van der Waals surface area contributed by atoms with Crippen molar-refractivity contribution in [1.82, 2.24) is 0 Å². The Kier molecular flexibility index (Phi) is 4.95. The Balaban J connectivity index is 2.94. The third kappa shape index (κ3) is 3.45. The van der Waals surface area contributed by atoms with E-state index in [9.17, 15) is 4.79 Å². The van der Waals surface area contributed by atoms with Gasteiger partial charge in [0.2, 0.25) is 0 Å². The molecule has 0 bridgehead atoms. The van der Waals surface area contributed by atoms with E-state index >= 15 is 0 Å². The summed E-state index contributed by atoms with van der Waals surface area (Å²) in [5.41, 5.74) is 2.99. The molecule has 0 aromatic heterocycles. The predicted molar refractivity (Wildman–Crippen MR) is 70.5 cm³/mol. The molecule has 0 amide bonds. The minimum atomic E-state index is 0.180. The molecule has 0 N–H and O–H groups in total. The van der Waals surface area contributed by atoms with Crippen LogP contribution in [0.3, 0.4) is 0 Å². The van der Waals surface area contributed by atoms with E-state index in [1.54, 1.807) is 7.11 Å². The van der Waals surface area contributed by atoms with E-state index in [1.807, 2.05) is 45.0 Å². The molecule has 2 heteroatoms.